The molecule has 0 spiro atoms. The molecule has 0 aliphatic heterocycles. The van der Waals surface area contributed by atoms with Crippen LogP contribution in [0.15, 0.2) is 0 Å². The van der Waals surface area contributed by atoms with E-state index in [1.165, 1.54) is 0 Å². The Bertz CT molecular complexity index is 467. The van der Waals surface area contributed by atoms with E-state index in [-0.39, 0.29) is 0 Å². The maximum Gasteiger partial charge on any atom is 0.326 e. The van der Waals surface area contributed by atoms with Gasteiger partial charge in [-0.2, -0.15) is 0 Å². The molecular weight excluding hydrogens is 296 g/mol. The minimum absolute atomic E-state index is 0.313. The van der Waals surface area contributed by atoms with Gasteiger partial charge in [0.05, 0.1) is 6.26 Å². The average molecular weight is 322 g/mol. The van der Waals surface area contributed by atoms with E-state index >= 15 is 0 Å². The molecule has 0 rings (SSSR count). The zero-order chi connectivity index (χ0) is 16.8. The molecule has 1 unspecified atom stereocenters. The third-order valence-electron chi connectivity index (χ3n) is 2.92. The molecule has 0 radical (unpaired) electrons. The summed E-state index contributed by atoms with van der Waals surface area (Å²) in [6.07, 6.45) is 2.75. The van der Waals surface area contributed by atoms with Crippen LogP contribution in [-0.2, 0) is 19.6 Å². The number of nitrogens with one attached hydrogen (secondary N) is 2. The first-order valence-corrected chi connectivity index (χ1v) is 8.78. The van der Waals surface area contributed by atoms with Gasteiger partial charge in [0.1, 0.15) is 12.1 Å². The number of carbonyl (C=O) groups excluding carboxylic acids is 1. The van der Waals surface area contributed by atoms with E-state index in [1.54, 1.807) is 20.8 Å². The van der Waals surface area contributed by atoms with E-state index < -0.39 is 39.4 Å². The standard InChI is InChI=1S/C13H26N2O5S/c1-6-7-8-9(12(17)18)14-11(16)10(13(2,3)4)15-21(5,19)20/h9-10,15H,6-8H2,1-5H3,(H,14,16)(H,17,18)/t9-,10?/m0/s1. The summed E-state index contributed by atoms with van der Waals surface area (Å²) in [5, 5.41) is 11.5. The monoisotopic (exact) mass is 322 g/mol. The van der Waals surface area contributed by atoms with Crippen LogP contribution in [0, 0.1) is 5.41 Å². The van der Waals surface area contributed by atoms with Gasteiger partial charge in [-0.1, -0.05) is 40.5 Å². The van der Waals surface area contributed by atoms with Gasteiger partial charge in [-0.25, -0.2) is 17.9 Å². The predicted molar refractivity (Wildman–Crippen MR) is 80.3 cm³/mol. The van der Waals surface area contributed by atoms with Gasteiger partial charge in [-0.05, 0) is 11.8 Å². The Morgan fingerprint density at radius 3 is 2.10 bits per heavy atom. The first-order valence-electron chi connectivity index (χ1n) is 6.89. The first-order chi connectivity index (χ1) is 9.38. The average Bonchev–Trinajstić information content (AvgIpc) is 2.28. The van der Waals surface area contributed by atoms with Crippen LogP contribution in [0.2, 0.25) is 0 Å². The topological polar surface area (TPSA) is 113 Å². The number of amides is 1. The molecular formula is C13H26N2O5S. The number of carbonyl (C=O) groups is 2. The summed E-state index contributed by atoms with van der Waals surface area (Å²) in [5.41, 5.74) is -0.680. The molecule has 8 heteroatoms. The first kappa shape index (κ1) is 19.9. The second kappa shape index (κ2) is 7.74. The van der Waals surface area contributed by atoms with Crippen LogP contribution in [-0.4, -0.2) is 43.7 Å². The van der Waals surface area contributed by atoms with E-state index in [0.29, 0.717) is 12.8 Å². The Balaban J connectivity index is 5.07. The lowest BCUT2D eigenvalue weighted by molar-refractivity contribution is -0.142. The van der Waals surface area contributed by atoms with Crippen LogP contribution in [0.1, 0.15) is 47.0 Å². The van der Waals surface area contributed by atoms with Crippen LogP contribution in [0.3, 0.4) is 0 Å². The molecule has 124 valence electrons. The molecule has 0 saturated heterocycles. The molecule has 0 bridgehead atoms. The highest BCUT2D eigenvalue weighted by Crippen LogP contribution is 2.20. The lowest BCUT2D eigenvalue weighted by Crippen LogP contribution is -2.56. The Labute approximate surface area is 126 Å². The number of sulfonamides is 1. The molecule has 0 aliphatic carbocycles. The zero-order valence-electron chi connectivity index (χ0n) is 13.3. The van der Waals surface area contributed by atoms with Crippen molar-refractivity contribution in [1.29, 1.82) is 0 Å². The minimum Gasteiger partial charge on any atom is -0.480 e. The second-order valence-electron chi connectivity index (χ2n) is 6.23. The van der Waals surface area contributed by atoms with Gasteiger partial charge in [0.15, 0.2) is 0 Å². The number of unbranched alkanes of at least 4 members (excludes halogenated alkanes) is 1. The summed E-state index contributed by atoms with van der Waals surface area (Å²) in [5.74, 6) is -1.75. The highest BCUT2D eigenvalue weighted by molar-refractivity contribution is 7.88. The number of carboxylic acid groups (broad SMARTS) is 1. The predicted octanol–water partition coefficient (Wildman–Crippen LogP) is 0.710. The van der Waals surface area contributed by atoms with Crippen LogP contribution in [0.25, 0.3) is 0 Å². The Hall–Kier alpha value is -1.15. The summed E-state index contributed by atoms with van der Waals surface area (Å²) in [4.78, 5) is 23.4. The highest BCUT2D eigenvalue weighted by Gasteiger charge is 2.35. The van der Waals surface area contributed by atoms with Crippen molar-refractivity contribution in [2.75, 3.05) is 6.26 Å². The number of hydrogen-bond acceptors (Lipinski definition) is 4. The zero-order valence-corrected chi connectivity index (χ0v) is 14.1. The SMILES string of the molecule is CCCC[C@H](NC(=O)C(NS(C)(=O)=O)C(C)(C)C)C(=O)O. The molecule has 0 saturated carbocycles. The van der Waals surface area contributed by atoms with Crippen molar-refractivity contribution in [1.82, 2.24) is 10.0 Å². The molecule has 0 aromatic carbocycles. The van der Waals surface area contributed by atoms with Crippen molar-refractivity contribution in [3.63, 3.8) is 0 Å². The molecule has 21 heavy (non-hydrogen) atoms. The van der Waals surface area contributed by atoms with Gasteiger partial charge in [0.25, 0.3) is 0 Å². The van der Waals surface area contributed by atoms with Gasteiger partial charge < -0.3 is 10.4 Å². The fraction of sp³-hybridized carbons (Fsp3) is 0.846. The third kappa shape index (κ3) is 8.01. The number of aliphatic carboxylic acids is 1. The Morgan fingerprint density at radius 2 is 1.76 bits per heavy atom. The van der Waals surface area contributed by atoms with Crippen LogP contribution in [0.4, 0.5) is 0 Å². The molecule has 0 aliphatic rings. The Kier molecular flexibility index (Phi) is 7.32. The van der Waals surface area contributed by atoms with Crippen molar-refractivity contribution in [3.8, 4) is 0 Å². The smallest absolute Gasteiger partial charge is 0.326 e. The van der Waals surface area contributed by atoms with Crippen molar-refractivity contribution in [2.24, 2.45) is 5.41 Å². The molecule has 0 heterocycles. The number of carboxylic acids is 1. The number of hydrogen-bond donors (Lipinski definition) is 3. The summed E-state index contributed by atoms with van der Waals surface area (Å²) < 4.78 is 25.0. The minimum atomic E-state index is -3.58. The molecule has 0 fully saturated rings. The van der Waals surface area contributed by atoms with E-state index in [2.05, 4.69) is 10.0 Å². The highest BCUT2D eigenvalue weighted by atomic mass is 32.2. The van der Waals surface area contributed by atoms with Gasteiger partial charge >= 0.3 is 5.97 Å². The fourth-order valence-corrected chi connectivity index (χ4v) is 2.65. The summed E-state index contributed by atoms with van der Waals surface area (Å²) in [7, 11) is -3.58. The van der Waals surface area contributed by atoms with Gasteiger partial charge in [0, 0.05) is 0 Å². The Morgan fingerprint density at radius 1 is 1.24 bits per heavy atom. The second-order valence-corrected chi connectivity index (χ2v) is 8.01. The van der Waals surface area contributed by atoms with Crippen LogP contribution in [0.5, 0.6) is 0 Å². The molecule has 3 N–H and O–H groups in total. The van der Waals surface area contributed by atoms with Crippen molar-refractivity contribution < 1.29 is 23.1 Å². The lowest BCUT2D eigenvalue weighted by atomic mass is 9.86. The van der Waals surface area contributed by atoms with Crippen molar-refractivity contribution in [2.45, 2.75) is 59.0 Å². The van der Waals surface area contributed by atoms with Gasteiger partial charge in [0.2, 0.25) is 15.9 Å². The van der Waals surface area contributed by atoms with E-state index in [1.807, 2.05) is 6.92 Å². The summed E-state index contributed by atoms with van der Waals surface area (Å²) in [6.45, 7) is 7.04. The molecule has 0 aromatic heterocycles. The fourth-order valence-electron chi connectivity index (χ4n) is 1.76. The van der Waals surface area contributed by atoms with Gasteiger partial charge in [-0.3, -0.25) is 4.79 Å². The maximum atomic E-state index is 12.2. The van der Waals surface area contributed by atoms with Crippen LogP contribution < -0.4 is 10.0 Å². The third-order valence-corrected chi connectivity index (χ3v) is 3.58. The molecule has 7 nitrogen and oxygen atoms in total. The molecule has 0 aromatic rings. The maximum absolute atomic E-state index is 12.2. The largest absolute Gasteiger partial charge is 0.480 e. The van der Waals surface area contributed by atoms with Crippen molar-refractivity contribution >= 4 is 21.9 Å². The summed E-state index contributed by atoms with van der Waals surface area (Å²) in [6, 6.07) is -2.04. The van der Waals surface area contributed by atoms with Crippen LogP contribution >= 0.6 is 0 Å². The molecule has 2 atom stereocenters. The van der Waals surface area contributed by atoms with E-state index in [4.69, 9.17) is 5.11 Å². The normalized spacial score (nSPS) is 15.3. The summed E-state index contributed by atoms with van der Waals surface area (Å²) >= 11 is 0. The van der Waals surface area contributed by atoms with E-state index in [9.17, 15) is 18.0 Å². The quantitative estimate of drug-likeness (QED) is 0.609. The van der Waals surface area contributed by atoms with Crippen molar-refractivity contribution in [3.05, 3.63) is 0 Å². The number of rotatable bonds is 8. The lowest BCUT2D eigenvalue weighted by Gasteiger charge is -2.30. The van der Waals surface area contributed by atoms with Gasteiger partial charge in [-0.15, -0.1) is 0 Å². The molecule has 1 amide bonds. The van der Waals surface area contributed by atoms with E-state index in [0.717, 1.165) is 12.7 Å².